The number of hydrogen-bond acceptors (Lipinski definition) is 5. The first-order chi connectivity index (χ1) is 15.1. The smallest absolute Gasteiger partial charge is 0.191 e. The van der Waals surface area contributed by atoms with Crippen molar-refractivity contribution in [1.82, 2.24) is 35.2 Å². The Labute approximate surface area is 184 Å². The van der Waals surface area contributed by atoms with Crippen LogP contribution in [0.2, 0.25) is 0 Å². The molecule has 3 aromatic rings. The third-order valence-corrected chi connectivity index (χ3v) is 5.14. The maximum Gasteiger partial charge on any atom is 0.191 e. The van der Waals surface area contributed by atoms with Crippen LogP contribution in [0.25, 0.3) is 0 Å². The van der Waals surface area contributed by atoms with Gasteiger partial charge in [0.15, 0.2) is 11.8 Å². The Hall–Kier alpha value is -3.36. The van der Waals surface area contributed by atoms with Gasteiger partial charge in [0.25, 0.3) is 0 Å². The van der Waals surface area contributed by atoms with Gasteiger partial charge in [-0.05, 0) is 38.0 Å². The molecule has 2 N–H and O–H groups in total. The molecule has 9 heteroatoms. The van der Waals surface area contributed by atoms with Gasteiger partial charge in [-0.2, -0.15) is 5.10 Å². The van der Waals surface area contributed by atoms with Gasteiger partial charge in [-0.15, -0.1) is 10.2 Å². The number of guanidine groups is 1. The molecule has 2 heterocycles. The summed E-state index contributed by atoms with van der Waals surface area (Å²) in [5.74, 6) is 2.53. The Kier molecular flexibility index (Phi) is 8.45. The van der Waals surface area contributed by atoms with Crippen LogP contribution in [0, 0.1) is 6.92 Å². The topological polar surface area (TPSA) is 88.2 Å². The molecule has 0 saturated carbocycles. The molecule has 166 valence electrons. The summed E-state index contributed by atoms with van der Waals surface area (Å²) in [6.07, 6.45) is 5.74. The van der Waals surface area contributed by atoms with Gasteiger partial charge in [0, 0.05) is 58.4 Å². The minimum absolute atomic E-state index is 0.482. The number of nitrogens with one attached hydrogen (secondary N) is 2. The fourth-order valence-electron chi connectivity index (χ4n) is 3.13. The van der Waals surface area contributed by atoms with E-state index < -0.39 is 0 Å². The summed E-state index contributed by atoms with van der Waals surface area (Å²) in [5.41, 5.74) is 1.23. The second-order valence-corrected chi connectivity index (χ2v) is 7.47. The molecule has 2 aromatic heterocycles. The van der Waals surface area contributed by atoms with Crippen molar-refractivity contribution in [3.63, 3.8) is 0 Å². The summed E-state index contributed by atoms with van der Waals surface area (Å²) in [5, 5.41) is 19.4. The van der Waals surface area contributed by atoms with Crippen LogP contribution in [0.15, 0.2) is 53.8 Å². The van der Waals surface area contributed by atoms with Gasteiger partial charge in [0.1, 0.15) is 12.4 Å². The summed E-state index contributed by atoms with van der Waals surface area (Å²) >= 11 is 0. The van der Waals surface area contributed by atoms with Gasteiger partial charge in [-0.1, -0.05) is 18.2 Å². The van der Waals surface area contributed by atoms with Gasteiger partial charge in [-0.25, -0.2) is 4.99 Å². The van der Waals surface area contributed by atoms with E-state index in [0.717, 1.165) is 56.6 Å². The van der Waals surface area contributed by atoms with Crippen molar-refractivity contribution in [3.05, 3.63) is 60.4 Å². The molecule has 0 unspecified atom stereocenters. The highest BCUT2D eigenvalue weighted by atomic mass is 15.3. The van der Waals surface area contributed by atoms with Gasteiger partial charge in [-0.3, -0.25) is 4.68 Å². The maximum absolute atomic E-state index is 4.71. The van der Waals surface area contributed by atoms with Crippen molar-refractivity contribution in [3.8, 4) is 0 Å². The molecule has 1 aromatic carbocycles. The quantitative estimate of drug-likeness (QED) is 0.279. The van der Waals surface area contributed by atoms with Crippen LogP contribution in [0.5, 0.6) is 0 Å². The predicted molar refractivity (Wildman–Crippen MR) is 124 cm³/mol. The predicted octanol–water partition coefficient (Wildman–Crippen LogP) is 1.97. The largest absolute Gasteiger partial charge is 0.375 e. The summed E-state index contributed by atoms with van der Waals surface area (Å²) < 4.78 is 3.90. The number of nitrogens with zero attached hydrogens (tertiary/aromatic N) is 7. The van der Waals surface area contributed by atoms with E-state index in [1.807, 2.05) is 41.5 Å². The van der Waals surface area contributed by atoms with Crippen molar-refractivity contribution in [1.29, 1.82) is 0 Å². The average Bonchev–Trinajstić information content (AvgIpc) is 3.42. The third-order valence-electron chi connectivity index (χ3n) is 5.14. The lowest BCUT2D eigenvalue weighted by atomic mass is 10.3. The molecule has 0 radical (unpaired) electrons. The number of para-hydroxylation sites is 1. The van der Waals surface area contributed by atoms with E-state index in [2.05, 4.69) is 62.1 Å². The Morgan fingerprint density at radius 3 is 2.52 bits per heavy atom. The second-order valence-electron chi connectivity index (χ2n) is 7.47. The highest BCUT2D eigenvalue weighted by Crippen LogP contribution is 2.10. The number of aromatic nitrogens is 5. The first-order valence-electron chi connectivity index (χ1n) is 10.7. The van der Waals surface area contributed by atoms with Crippen LogP contribution in [0.4, 0.5) is 5.69 Å². The molecule has 31 heavy (non-hydrogen) atoms. The molecule has 0 aliphatic heterocycles. The SMILES string of the molecule is Cc1nnc(CN=C(NCCCN(C)c2ccccc2)NCCCn2cccn2)n1C. The van der Waals surface area contributed by atoms with Crippen molar-refractivity contribution in [2.75, 3.05) is 31.6 Å². The number of hydrogen-bond donors (Lipinski definition) is 2. The van der Waals surface area contributed by atoms with Gasteiger partial charge < -0.3 is 20.1 Å². The molecule has 0 saturated heterocycles. The molecular weight excluding hydrogens is 390 g/mol. The zero-order valence-electron chi connectivity index (χ0n) is 18.7. The van der Waals surface area contributed by atoms with E-state index in [9.17, 15) is 0 Å². The van der Waals surface area contributed by atoms with Gasteiger partial charge in [0.2, 0.25) is 0 Å². The van der Waals surface area contributed by atoms with E-state index in [4.69, 9.17) is 4.99 Å². The maximum atomic E-state index is 4.71. The molecule has 0 aliphatic carbocycles. The normalized spacial score (nSPS) is 11.5. The molecular formula is C22H33N9. The molecule has 0 spiro atoms. The van der Waals surface area contributed by atoms with E-state index >= 15 is 0 Å². The minimum Gasteiger partial charge on any atom is -0.375 e. The van der Waals surface area contributed by atoms with Gasteiger partial charge in [0.05, 0.1) is 0 Å². The number of aryl methyl sites for hydroxylation is 2. The van der Waals surface area contributed by atoms with Crippen LogP contribution < -0.4 is 15.5 Å². The van der Waals surface area contributed by atoms with Crippen LogP contribution in [0.1, 0.15) is 24.5 Å². The summed E-state index contributed by atoms with van der Waals surface area (Å²) in [7, 11) is 4.08. The molecule has 0 amide bonds. The Bertz CT molecular complexity index is 916. The van der Waals surface area contributed by atoms with E-state index in [1.54, 1.807) is 6.20 Å². The fourth-order valence-corrected chi connectivity index (χ4v) is 3.13. The molecule has 3 rings (SSSR count). The van der Waals surface area contributed by atoms with E-state index in [1.165, 1.54) is 5.69 Å². The number of anilines is 1. The fraction of sp³-hybridized carbons (Fsp3) is 0.455. The Balaban J connectivity index is 1.47. The first-order valence-corrected chi connectivity index (χ1v) is 10.7. The number of rotatable bonds is 11. The summed E-state index contributed by atoms with van der Waals surface area (Å²) in [6, 6.07) is 12.4. The zero-order valence-corrected chi connectivity index (χ0v) is 18.7. The first kappa shape index (κ1) is 22.3. The van der Waals surface area contributed by atoms with Crippen LogP contribution in [-0.4, -0.2) is 57.2 Å². The molecule has 0 bridgehead atoms. The molecule has 0 aliphatic rings. The van der Waals surface area contributed by atoms with Crippen LogP contribution in [-0.2, 0) is 20.1 Å². The third kappa shape index (κ3) is 7.13. The molecule has 0 fully saturated rings. The zero-order chi connectivity index (χ0) is 21.9. The van der Waals surface area contributed by atoms with Crippen molar-refractivity contribution in [2.24, 2.45) is 12.0 Å². The lowest BCUT2D eigenvalue weighted by Crippen LogP contribution is -2.39. The van der Waals surface area contributed by atoms with Crippen molar-refractivity contribution in [2.45, 2.75) is 32.9 Å². The number of benzene rings is 1. The Morgan fingerprint density at radius 2 is 1.84 bits per heavy atom. The van der Waals surface area contributed by atoms with E-state index in [-0.39, 0.29) is 0 Å². The van der Waals surface area contributed by atoms with Crippen LogP contribution in [0.3, 0.4) is 0 Å². The average molecular weight is 424 g/mol. The minimum atomic E-state index is 0.482. The molecule has 0 atom stereocenters. The standard InChI is InChI=1S/C22H33N9/c1-19-27-28-21(30(19)3)18-25-22(24-13-8-16-31-17-9-14-26-31)23-12-7-15-29(2)20-10-5-4-6-11-20/h4-6,9-11,14,17H,7-8,12-13,15-16,18H2,1-3H3,(H2,23,24,25). The highest BCUT2D eigenvalue weighted by molar-refractivity contribution is 5.79. The lowest BCUT2D eigenvalue weighted by molar-refractivity contribution is 0.569. The molecule has 9 nitrogen and oxygen atoms in total. The second kappa shape index (κ2) is 11.7. The van der Waals surface area contributed by atoms with E-state index in [0.29, 0.717) is 6.54 Å². The lowest BCUT2D eigenvalue weighted by Gasteiger charge is -2.19. The highest BCUT2D eigenvalue weighted by Gasteiger charge is 2.06. The summed E-state index contributed by atoms with van der Waals surface area (Å²) in [4.78, 5) is 6.97. The van der Waals surface area contributed by atoms with Crippen molar-refractivity contribution >= 4 is 11.6 Å². The van der Waals surface area contributed by atoms with Gasteiger partial charge >= 0.3 is 0 Å². The monoisotopic (exact) mass is 423 g/mol. The Morgan fingerprint density at radius 1 is 1.06 bits per heavy atom. The van der Waals surface area contributed by atoms with Crippen LogP contribution >= 0.6 is 0 Å². The number of aliphatic imine (C=N–C) groups is 1. The summed E-state index contributed by atoms with van der Waals surface area (Å²) in [6.45, 7) is 5.91. The van der Waals surface area contributed by atoms with Crippen molar-refractivity contribution < 1.29 is 0 Å².